The summed E-state index contributed by atoms with van der Waals surface area (Å²) in [6.07, 6.45) is 10.7. The van der Waals surface area contributed by atoms with E-state index in [2.05, 4.69) is 36.1 Å². The molecule has 0 bridgehead atoms. The van der Waals surface area contributed by atoms with Crippen LogP contribution in [-0.2, 0) is 36.5 Å². The molecule has 7 rings (SSSR count). The van der Waals surface area contributed by atoms with Gasteiger partial charge < -0.3 is 9.31 Å². The lowest BCUT2D eigenvalue weighted by molar-refractivity contribution is 0.00578. The van der Waals surface area contributed by atoms with Crippen molar-refractivity contribution in [3.05, 3.63) is 87.4 Å². The second kappa shape index (κ2) is 11.7. The van der Waals surface area contributed by atoms with Gasteiger partial charge in [0.25, 0.3) is 0 Å². The van der Waals surface area contributed by atoms with Crippen molar-refractivity contribution in [1.29, 1.82) is 0 Å². The summed E-state index contributed by atoms with van der Waals surface area (Å²) in [4.78, 5) is 8.03. The Morgan fingerprint density at radius 2 is 1.31 bits per heavy atom. The van der Waals surface area contributed by atoms with Gasteiger partial charge in [0.05, 0.1) is 30.5 Å². The fraction of sp³-hybridized carbons (Fsp3) is 0.333. The first-order valence-electron chi connectivity index (χ1n) is 13.5. The summed E-state index contributed by atoms with van der Waals surface area (Å²) >= 11 is 3.21. The molecular formula is C30H32BBrF2N6O2. The Bertz CT molecular complexity index is 1660. The van der Waals surface area contributed by atoms with E-state index < -0.39 is 0 Å². The van der Waals surface area contributed by atoms with Crippen molar-refractivity contribution < 1.29 is 18.1 Å². The first kappa shape index (κ1) is 30.0. The maximum Gasteiger partial charge on any atom is 0.498 e. The van der Waals surface area contributed by atoms with Crippen LogP contribution in [0.3, 0.4) is 0 Å². The van der Waals surface area contributed by atoms with Gasteiger partial charge in [-0.25, -0.2) is 8.78 Å². The zero-order valence-electron chi connectivity index (χ0n) is 24.4. The van der Waals surface area contributed by atoms with E-state index in [4.69, 9.17) is 9.31 Å². The van der Waals surface area contributed by atoms with Crippen molar-refractivity contribution in [1.82, 2.24) is 19.6 Å². The molecule has 1 saturated heterocycles. The third kappa shape index (κ3) is 6.30. The number of nitrogens with zero attached hydrogens (tertiary/aromatic N) is 6. The molecule has 42 heavy (non-hydrogen) atoms. The second-order valence-corrected chi connectivity index (χ2v) is 12.3. The summed E-state index contributed by atoms with van der Waals surface area (Å²) in [5.74, 6) is -0.360. The Morgan fingerprint density at radius 3 is 1.86 bits per heavy atom. The number of hydrogen-bond acceptors (Lipinski definition) is 6. The average molecular weight is 637 g/mol. The minimum atomic E-state index is -0.302. The fourth-order valence-corrected chi connectivity index (χ4v) is 5.04. The van der Waals surface area contributed by atoms with Gasteiger partial charge in [-0.05, 0) is 57.5 Å². The van der Waals surface area contributed by atoms with Crippen molar-refractivity contribution >= 4 is 40.9 Å². The molecule has 3 aliphatic heterocycles. The van der Waals surface area contributed by atoms with Crippen LogP contribution in [0.25, 0.3) is 11.1 Å². The predicted molar refractivity (Wildman–Crippen MR) is 164 cm³/mol. The van der Waals surface area contributed by atoms with Gasteiger partial charge in [-0.15, -0.1) is 0 Å². The number of fused-ring (bicyclic) bond motifs is 2. The molecule has 0 N–H and O–H groups in total. The molecule has 2 aromatic heterocycles. The molecule has 0 aliphatic carbocycles. The summed E-state index contributed by atoms with van der Waals surface area (Å²) in [6, 6.07) is 6.83. The molecule has 218 valence electrons. The third-order valence-corrected chi connectivity index (χ3v) is 8.13. The highest BCUT2D eigenvalue weighted by atomic mass is 79.9. The lowest BCUT2D eigenvalue weighted by Gasteiger charge is -2.32. The zero-order chi connectivity index (χ0) is 30.2. The molecule has 0 unspecified atom stereocenters. The zero-order valence-corrected chi connectivity index (χ0v) is 26.0. The number of aromatic nitrogens is 4. The Hall–Kier alpha value is -3.48. The van der Waals surface area contributed by atoms with Crippen LogP contribution in [0.1, 0.15) is 49.9 Å². The monoisotopic (exact) mass is 636 g/mol. The van der Waals surface area contributed by atoms with Crippen LogP contribution in [-0.4, -0.2) is 50.3 Å². The van der Waals surface area contributed by atoms with E-state index in [1.807, 2.05) is 66.3 Å². The van der Waals surface area contributed by atoms with Gasteiger partial charge in [-0.2, -0.15) is 10.2 Å². The van der Waals surface area contributed by atoms with Crippen molar-refractivity contribution in [3.63, 3.8) is 0 Å². The van der Waals surface area contributed by atoms with E-state index in [1.165, 1.54) is 6.07 Å². The SMILES string of the molecule is Cn1cc(-c2cc(F)c3c(c2)C=NC3)cn1.Cn1cc(B2OC(C)(C)C(C)(C)O2)cn1.Fc1cc(Br)cc2c1CN=C2. The van der Waals surface area contributed by atoms with Crippen molar-refractivity contribution in [2.75, 3.05) is 0 Å². The highest BCUT2D eigenvalue weighted by molar-refractivity contribution is 9.10. The van der Waals surface area contributed by atoms with Crippen LogP contribution in [0.4, 0.5) is 8.78 Å². The smallest absolute Gasteiger partial charge is 0.399 e. The summed E-state index contributed by atoms with van der Waals surface area (Å²) in [6.45, 7) is 9.11. The second-order valence-electron chi connectivity index (χ2n) is 11.4. The molecule has 3 aliphatic rings. The summed E-state index contributed by atoms with van der Waals surface area (Å²) < 4.78 is 42.8. The molecular weight excluding hydrogens is 605 g/mol. The number of benzene rings is 2. The van der Waals surface area contributed by atoms with E-state index in [-0.39, 0.29) is 30.0 Å². The van der Waals surface area contributed by atoms with E-state index in [0.717, 1.165) is 32.2 Å². The van der Waals surface area contributed by atoms with E-state index in [0.29, 0.717) is 24.2 Å². The predicted octanol–water partition coefficient (Wildman–Crippen LogP) is 5.40. The normalized spacial score (nSPS) is 16.9. The molecule has 4 aromatic rings. The highest BCUT2D eigenvalue weighted by Crippen LogP contribution is 2.36. The molecule has 5 heterocycles. The van der Waals surface area contributed by atoms with Crippen LogP contribution in [0.2, 0.25) is 0 Å². The van der Waals surface area contributed by atoms with Crippen LogP contribution in [0.5, 0.6) is 0 Å². The number of aliphatic imine (C=N–C) groups is 2. The molecule has 0 amide bonds. The van der Waals surface area contributed by atoms with Crippen LogP contribution >= 0.6 is 15.9 Å². The first-order valence-corrected chi connectivity index (χ1v) is 14.3. The third-order valence-electron chi connectivity index (χ3n) is 7.67. The molecule has 0 spiro atoms. The molecule has 0 saturated carbocycles. The van der Waals surface area contributed by atoms with Crippen molar-refractivity contribution in [2.45, 2.75) is 52.0 Å². The fourth-order valence-electron chi connectivity index (χ4n) is 4.59. The Kier molecular flexibility index (Phi) is 8.33. The molecule has 2 aromatic carbocycles. The number of hydrogen-bond donors (Lipinski definition) is 0. The largest absolute Gasteiger partial charge is 0.498 e. The van der Waals surface area contributed by atoms with Crippen LogP contribution in [0.15, 0.2) is 63.5 Å². The summed E-state index contributed by atoms with van der Waals surface area (Å²) in [5.41, 5.74) is 5.32. The van der Waals surface area contributed by atoms with Gasteiger partial charge in [0.15, 0.2) is 0 Å². The van der Waals surface area contributed by atoms with Crippen LogP contribution in [0, 0.1) is 11.6 Å². The number of aryl methyl sites for hydroxylation is 2. The van der Waals surface area contributed by atoms with Gasteiger partial charge in [0, 0.05) is 82.9 Å². The minimum Gasteiger partial charge on any atom is -0.399 e. The van der Waals surface area contributed by atoms with Gasteiger partial charge >= 0.3 is 7.12 Å². The van der Waals surface area contributed by atoms with Crippen LogP contribution < -0.4 is 5.46 Å². The quantitative estimate of drug-likeness (QED) is 0.276. The van der Waals surface area contributed by atoms with Crippen molar-refractivity contribution in [3.8, 4) is 11.1 Å². The number of halogens is 3. The minimum absolute atomic E-state index is 0.174. The Morgan fingerprint density at radius 1 is 0.762 bits per heavy atom. The molecule has 1 fully saturated rings. The molecule has 8 nitrogen and oxygen atoms in total. The molecule has 0 radical (unpaired) electrons. The summed E-state index contributed by atoms with van der Waals surface area (Å²) in [5, 5.41) is 8.19. The van der Waals surface area contributed by atoms with E-state index in [1.54, 1.807) is 40.3 Å². The lowest BCUT2D eigenvalue weighted by atomic mass is 9.82. The average Bonchev–Trinajstić information content (AvgIpc) is 3.72. The van der Waals surface area contributed by atoms with Gasteiger partial charge in [-0.3, -0.25) is 19.3 Å². The van der Waals surface area contributed by atoms with Gasteiger partial charge in [0.1, 0.15) is 11.6 Å². The number of rotatable bonds is 2. The van der Waals surface area contributed by atoms with Gasteiger partial charge in [-0.1, -0.05) is 15.9 Å². The summed E-state index contributed by atoms with van der Waals surface area (Å²) in [7, 11) is 3.42. The maximum atomic E-state index is 13.7. The maximum absolute atomic E-state index is 13.7. The first-order chi connectivity index (χ1) is 19.8. The van der Waals surface area contributed by atoms with E-state index >= 15 is 0 Å². The van der Waals surface area contributed by atoms with Crippen molar-refractivity contribution in [2.24, 2.45) is 24.1 Å². The standard InChI is InChI=1S/C12H10FN3.C10H17BN2O2.C8H5BrFN/c1-16-7-10(5-15-16)8-2-9-4-14-6-11(9)12(13)3-8;1-9(2)10(3,4)15-11(14-9)8-6-12-13(5)7-8;9-6-1-5-3-11-4-7(5)8(10)2-6/h2-5,7H,6H2,1H3;6-7H,1-5H3;1-3H,4H2. The Labute approximate surface area is 252 Å². The van der Waals surface area contributed by atoms with E-state index in [9.17, 15) is 8.78 Å². The van der Waals surface area contributed by atoms with Gasteiger partial charge in [0.2, 0.25) is 0 Å². The Balaban J connectivity index is 0.000000128. The lowest BCUT2D eigenvalue weighted by Crippen LogP contribution is -2.41. The topological polar surface area (TPSA) is 78.8 Å². The molecule has 12 heteroatoms. The highest BCUT2D eigenvalue weighted by Gasteiger charge is 2.52. The molecule has 0 atom stereocenters.